The summed E-state index contributed by atoms with van der Waals surface area (Å²) < 4.78 is 27.9. The number of hydrogen-bond donors (Lipinski definition) is 0. The molecule has 1 fully saturated rings. The minimum Gasteiger partial charge on any atom is -0.207 e. The van der Waals surface area contributed by atoms with E-state index in [1.165, 1.54) is 0 Å². The smallest absolute Gasteiger partial charge is 0.207 e. The third-order valence-corrected chi connectivity index (χ3v) is 7.06. The second-order valence-electron chi connectivity index (χ2n) is 7.57. The second kappa shape index (κ2) is 6.75. The van der Waals surface area contributed by atoms with E-state index in [2.05, 4.69) is 20.8 Å². The lowest BCUT2D eigenvalue weighted by Gasteiger charge is -2.26. The maximum Gasteiger partial charge on any atom is 0.243 e. The lowest BCUT2D eigenvalue weighted by atomic mass is 9.87. The Labute approximate surface area is 155 Å². The van der Waals surface area contributed by atoms with Crippen molar-refractivity contribution in [1.29, 1.82) is 0 Å². The van der Waals surface area contributed by atoms with Crippen LogP contribution >= 0.6 is 11.6 Å². The average molecular weight is 378 g/mol. The van der Waals surface area contributed by atoms with Gasteiger partial charge < -0.3 is 0 Å². The molecule has 1 atom stereocenters. The lowest BCUT2D eigenvalue weighted by molar-refractivity contribution is 0.397. The largest absolute Gasteiger partial charge is 0.243 e. The van der Waals surface area contributed by atoms with Crippen LogP contribution in [0.2, 0.25) is 5.02 Å². The van der Waals surface area contributed by atoms with Gasteiger partial charge in [0.25, 0.3) is 0 Å². The molecule has 1 aliphatic heterocycles. The summed E-state index contributed by atoms with van der Waals surface area (Å²) in [5.74, 6) is 0. The van der Waals surface area contributed by atoms with Gasteiger partial charge in [-0.25, -0.2) is 8.42 Å². The Bertz CT molecular complexity index is 854. The van der Waals surface area contributed by atoms with Gasteiger partial charge in [0.1, 0.15) is 0 Å². The van der Waals surface area contributed by atoms with Gasteiger partial charge in [-0.1, -0.05) is 62.7 Å². The van der Waals surface area contributed by atoms with Crippen molar-refractivity contribution in [2.75, 3.05) is 6.54 Å². The Morgan fingerprint density at radius 1 is 1.04 bits per heavy atom. The molecular weight excluding hydrogens is 354 g/mol. The van der Waals surface area contributed by atoms with Gasteiger partial charge in [-0.2, -0.15) is 4.31 Å². The molecule has 3 nitrogen and oxygen atoms in total. The van der Waals surface area contributed by atoms with Crippen LogP contribution in [-0.2, 0) is 15.4 Å². The predicted octanol–water partition coefficient (Wildman–Crippen LogP) is 5.16. The molecule has 134 valence electrons. The molecule has 0 saturated carbocycles. The fourth-order valence-corrected chi connectivity index (χ4v) is 5.28. The van der Waals surface area contributed by atoms with E-state index in [1.54, 1.807) is 16.4 Å². The summed E-state index contributed by atoms with van der Waals surface area (Å²) >= 11 is 6.32. The molecule has 0 radical (unpaired) electrons. The van der Waals surface area contributed by atoms with Crippen LogP contribution in [0, 0.1) is 0 Å². The Hall–Kier alpha value is -1.36. The summed E-state index contributed by atoms with van der Waals surface area (Å²) in [7, 11) is -3.54. The topological polar surface area (TPSA) is 37.4 Å². The van der Waals surface area contributed by atoms with Crippen molar-refractivity contribution in [1.82, 2.24) is 4.31 Å². The number of sulfonamides is 1. The predicted molar refractivity (Wildman–Crippen MR) is 102 cm³/mol. The second-order valence-corrected chi connectivity index (χ2v) is 9.87. The number of rotatable bonds is 3. The van der Waals surface area contributed by atoms with Crippen LogP contribution in [0.5, 0.6) is 0 Å². The zero-order chi connectivity index (χ0) is 18.2. The molecule has 1 heterocycles. The molecule has 0 aromatic heterocycles. The van der Waals surface area contributed by atoms with Crippen LogP contribution in [0.1, 0.15) is 50.8 Å². The van der Waals surface area contributed by atoms with Gasteiger partial charge in [-0.15, -0.1) is 0 Å². The first-order chi connectivity index (χ1) is 11.7. The minimum atomic E-state index is -3.54. The van der Waals surface area contributed by atoms with Gasteiger partial charge in [-0.05, 0) is 47.6 Å². The SMILES string of the molecule is CC(C)(C)c1ccc(S(=O)(=O)N2CCC[C@H]2c2ccccc2Cl)cc1. The molecule has 0 N–H and O–H groups in total. The highest BCUT2D eigenvalue weighted by Crippen LogP contribution is 2.39. The van der Waals surface area contributed by atoms with E-state index in [0.29, 0.717) is 16.5 Å². The van der Waals surface area contributed by atoms with Crippen LogP contribution in [-0.4, -0.2) is 19.3 Å². The first-order valence-corrected chi connectivity index (χ1v) is 10.4. The molecule has 0 amide bonds. The van der Waals surface area contributed by atoms with Gasteiger partial charge >= 0.3 is 0 Å². The van der Waals surface area contributed by atoms with Crippen LogP contribution < -0.4 is 0 Å². The van der Waals surface area contributed by atoms with E-state index in [1.807, 2.05) is 36.4 Å². The molecule has 0 bridgehead atoms. The van der Waals surface area contributed by atoms with Crippen molar-refractivity contribution in [3.63, 3.8) is 0 Å². The van der Waals surface area contributed by atoms with Crippen LogP contribution in [0.15, 0.2) is 53.4 Å². The first kappa shape index (κ1) is 18.4. The highest BCUT2D eigenvalue weighted by Gasteiger charge is 2.37. The standard InChI is InChI=1S/C20H24ClNO2S/c1-20(2,3)15-10-12-16(13-11-15)25(23,24)22-14-6-9-19(22)17-7-4-5-8-18(17)21/h4-5,7-8,10-13,19H,6,9,14H2,1-3H3/t19-/m0/s1. The number of hydrogen-bond acceptors (Lipinski definition) is 2. The van der Waals surface area contributed by atoms with Gasteiger partial charge in [0.05, 0.1) is 10.9 Å². The highest BCUT2D eigenvalue weighted by molar-refractivity contribution is 7.89. The van der Waals surface area contributed by atoms with Gasteiger partial charge in [0.2, 0.25) is 10.0 Å². The summed E-state index contributed by atoms with van der Waals surface area (Å²) in [4.78, 5) is 0.347. The van der Waals surface area contributed by atoms with Crippen molar-refractivity contribution in [3.05, 3.63) is 64.7 Å². The summed E-state index contributed by atoms with van der Waals surface area (Å²) in [5.41, 5.74) is 2.00. The number of nitrogens with zero attached hydrogens (tertiary/aromatic N) is 1. The third kappa shape index (κ3) is 3.62. The molecule has 0 spiro atoms. The average Bonchev–Trinajstić information content (AvgIpc) is 3.05. The van der Waals surface area contributed by atoms with Crippen molar-refractivity contribution < 1.29 is 8.42 Å². The Balaban J connectivity index is 1.95. The van der Waals surface area contributed by atoms with Crippen LogP contribution in [0.25, 0.3) is 0 Å². The zero-order valence-electron chi connectivity index (χ0n) is 14.9. The van der Waals surface area contributed by atoms with Crippen LogP contribution in [0.4, 0.5) is 0 Å². The van der Waals surface area contributed by atoms with E-state index < -0.39 is 10.0 Å². The Morgan fingerprint density at radius 3 is 2.28 bits per heavy atom. The summed E-state index contributed by atoms with van der Waals surface area (Å²) in [6.45, 7) is 6.87. The van der Waals surface area contributed by atoms with E-state index in [9.17, 15) is 8.42 Å². The van der Waals surface area contributed by atoms with E-state index >= 15 is 0 Å². The number of halogens is 1. The van der Waals surface area contributed by atoms with Crippen molar-refractivity contribution in [2.45, 2.75) is 50.0 Å². The highest BCUT2D eigenvalue weighted by atomic mass is 35.5. The molecule has 25 heavy (non-hydrogen) atoms. The minimum absolute atomic E-state index is 0.00393. The summed E-state index contributed by atoms with van der Waals surface area (Å²) in [6.07, 6.45) is 1.64. The van der Waals surface area contributed by atoms with Gasteiger partial charge in [0, 0.05) is 11.6 Å². The van der Waals surface area contributed by atoms with Gasteiger partial charge in [0.15, 0.2) is 0 Å². The van der Waals surface area contributed by atoms with E-state index in [4.69, 9.17) is 11.6 Å². The van der Waals surface area contributed by atoms with Gasteiger partial charge in [-0.3, -0.25) is 0 Å². The molecule has 5 heteroatoms. The van der Waals surface area contributed by atoms with Crippen molar-refractivity contribution in [2.24, 2.45) is 0 Å². The molecule has 1 aliphatic rings. The molecule has 2 aromatic carbocycles. The number of benzene rings is 2. The fourth-order valence-electron chi connectivity index (χ4n) is 3.35. The molecule has 0 unspecified atom stereocenters. The van der Waals surface area contributed by atoms with E-state index in [-0.39, 0.29) is 11.5 Å². The molecule has 1 saturated heterocycles. The maximum atomic E-state index is 13.2. The molecule has 3 rings (SSSR count). The maximum absolute atomic E-state index is 13.2. The monoisotopic (exact) mass is 377 g/mol. The van der Waals surface area contributed by atoms with Crippen LogP contribution in [0.3, 0.4) is 0 Å². The van der Waals surface area contributed by atoms with Crippen molar-refractivity contribution in [3.8, 4) is 0 Å². The molecule has 0 aliphatic carbocycles. The summed E-state index contributed by atoms with van der Waals surface area (Å²) in [5, 5.41) is 0.623. The third-order valence-electron chi connectivity index (χ3n) is 4.79. The normalized spacial score (nSPS) is 19.3. The first-order valence-electron chi connectivity index (χ1n) is 8.58. The Morgan fingerprint density at radius 2 is 1.68 bits per heavy atom. The quantitative estimate of drug-likeness (QED) is 0.740. The molecular formula is C20H24ClNO2S. The van der Waals surface area contributed by atoms with E-state index in [0.717, 1.165) is 24.0 Å². The fraction of sp³-hybridized carbons (Fsp3) is 0.400. The summed E-state index contributed by atoms with van der Waals surface area (Å²) in [6, 6.07) is 14.6. The van der Waals surface area contributed by atoms with Crippen molar-refractivity contribution >= 4 is 21.6 Å². The Kier molecular flexibility index (Phi) is 4.97. The lowest BCUT2D eigenvalue weighted by Crippen LogP contribution is -2.31. The molecule has 2 aromatic rings. The zero-order valence-corrected chi connectivity index (χ0v) is 16.4.